The third-order valence-corrected chi connectivity index (χ3v) is 4.99. The molecule has 1 saturated heterocycles. The van der Waals surface area contributed by atoms with Crippen molar-refractivity contribution < 1.29 is 8.78 Å². The molecule has 26 heavy (non-hydrogen) atoms. The Balaban J connectivity index is 1.56. The molecule has 0 spiro atoms. The summed E-state index contributed by atoms with van der Waals surface area (Å²) >= 11 is 0. The first-order chi connectivity index (χ1) is 12.6. The van der Waals surface area contributed by atoms with Gasteiger partial charge in [0.15, 0.2) is 0 Å². The summed E-state index contributed by atoms with van der Waals surface area (Å²) in [7, 11) is 0. The van der Waals surface area contributed by atoms with Crippen LogP contribution >= 0.6 is 0 Å². The van der Waals surface area contributed by atoms with E-state index in [1.165, 1.54) is 23.8 Å². The van der Waals surface area contributed by atoms with Crippen molar-refractivity contribution in [3.63, 3.8) is 0 Å². The van der Waals surface area contributed by atoms with Crippen LogP contribution < -0.4 is 5.73 Å². The lowest BCUT2D eigenvalue weighted by atomic mass is 9.95. The molecule has 0 radical (unpaired) electrons. The number of likely N-dealkylation sites (tertiary alicyclic amines) is 1. The van der Waals surface area contributed by atoms with E-state index in [9.17, 15) is 8.78 Å². The fraction of sp³-hybridized carbons (Fsp3) is 0.250. The number of benzene rings is 2. The number of aromatic amines is 1. The number of nitrogens with zero attached hydrogens (tertiary/aromatic N) is 2. The number of nitrogens with two attached hydrogens (primary N) is 1. The Morgan fingerprint density at radius 2 is 1.77 bits per heavy atom. The molecule has 1 aliphatic heterocycles. The van der Waals surface area contributed by atoms with Gasteiger partial charge in [0.1, 0.15) is 11.6 Å². The van der Waals surface area contributed by atoms with Crippen LogP contribution in [0.3, 0.4) is 0 Å². The monoisotopic (exact) mass is 354 g/mol. The Morgan fingerprint density at radius 3 is 2.50 bits per heavy atom. The van der Waals surface area contributed by atoms with Gasteiger partial charge in [-0.05, 0) is 17.7 Å². The van der Waals surface area contributed by atoms with Crippen LogP contribution in [0, 0.1) is 11.6 Å². The lowest BCUT2D eigenvalue weighted by Gasteiger charge is -2.16. The third kappa shape index (κ3) is 3.13. The molecular weight excluding hydrogens is 334 g/mol. The Bertz CT molecular complexity index is 874. The van der Waals surface area contributed by atoms with Gasteiger partial charge in [-0.1, -0.05) is 36.4 Å². The molecule has 0 saturated carbocycles. The third-order valence-electron chi connectivity index (χ3n) is 4.99. The fourth-order valence-electron chi connectivity index (χ4n) is 3.72. The maximum atomic E-state index is 14.1. The Morgan fingerprint density at radius 1 is 1.04 bits per heavy atom. The summed E-state index contributed by atoms with van der Waals surface area (Å²) in [6.07, 6.45) is 1.63. The average Bonchev–Trinajstić information content (AvgIpc) is 3.23. The summed E-state index contributed by atoms with van der Waals surface area (Å²) in [6.45, 7) is 2.07. The molecule has 3 aromatic rings. The van der Waals surface area contributed by atoms with Gasteiger partial charge in [0.25, 0.3) is 0 Å². The summed E-state index contributed by atoms with van der Waals surface area (Å²) in [4.78, 5) is 2.20. The predicted octanol–water partition coefficient (Wildman–Crippen LogP) is 3.28. The lowest BCUT2D eigenvalue weighted by molar-refractivity contribution is 0.324. The largest absolute Gasteiger partial charge is 0.326 e. The molecule has 1 aromatic heterocycles. The minimum absolute atomic E-state index is 0.0259. The van der Waals surface area contributed by atoms with Crippen molar-refractivity contribution in [2.24, 2.45) is 5.73 Å². The predicted molar refractivity (Wildman–Crippen MR) is 96.4 cm³/mol. The molecule has 2 atom stereocenters. The highest BCUT2D eigenvalue weighted by Crippen LogP contribution is 2.31. The van der Waals surface area contributed by atoms with Gasteiger partial charge in [0.05, 0.1) is 17.5 Å². The summed E-state index contributed by atoms with van der Waals surface area (Å²) in [6, 6.07) is 14.1. The van der Waals surface area contributed by atoms with Gasteiger partial charge < -0.3 is 5.73 Å². The molecule has 4 nitrogen and oxygen atoms in total. The minimum Gasteiger partial charge on any atom is -0.326 e. The smallest absolute Gasteiger partial charge is 0.135 e. The van der Waals surface area contributed by atoms with Crippen molar-refractivity contribution in [3.8, 4) is 11.3 Å². The van der Waals surface area contributed by atoms with Gasteiger partial charge in [-0.3, -0.25) is 10.00 Å². The minimum atomic E-state index is -0.601. The van der Waals surface area contributed by atoms with E-state index < -0.39 is 11.6 Å². The van der Waals surface area contributed by atoms with Gasteiger partial charge in [-0.2, -0.15) is 5.10 Å². The molecule has 134 valence electrons. The van der Waals surface area contributed by atoms with Crippen LogP contribution in [0.4, 0.5) is 8.78 Å². The molecule has 0 unspecified atom stereocenters. The number of hydrogen-bond acceptors (Lipinski definition) is 3. The van der Waals surface area contributed by atoms with Gasteiger partial charge in [-0.25, -0.2) is 8.78 Å². The van der Waals surface area contributed by atoms with Crippen molar-refractivity contribution >= 4 is 0 Å². The van der Waals surface area contributed by atoms with E-state index in [-0.39, 0.29) is 17.5 Å². The standard InChI is InChI=1S/C20H20F2N4/c21-16-7-4-8-17(22)19(16)20-14(9-24-25-20)10-26-11-15(18(23)12-26)13-5-2-1-3-6-13/h1-9,15,18H,10-12,23H2,(H,24,25)/t15-,18+/m0/s1. The highest BCUT2D eigenvalue weighted by atomic mass is 19.1. The molecule has 4 rings (SSSR count). The normalized spacial score (nSPS) is 20.6. The Hall–Kier alpha value is -2.57. The first-order valence-electron chi connectivity index (χ1n) is 8.63. The van der Waals surface area contributed by atoms with Gasteiger partial charge in [0, 0.05) is 37.2 Å². The highest BCUT2D eigenvalue weighted by molar-refractivity contribution is 5.64. The summed E-state index contributed by atoms with van der Waals surface area (Å²) in [5.41, 5.74) is 8.64. The molecule has 6 heteroatoms. The van der Waals surface area contributed by atoms with Crippen molar-refractivity contribution in [2.75, 3.05) is 13.1 Å². The van der Waals surface area contributed by atoms with Crippen LogP contribution in [0.15, 0.2) is 54.7 Å². The number of H-pyrrole nitrogens is 1. The Kier molecular flexibility index (Phi) is 4.53. The van der Waals surface area contributed by atoms with Crippen molar-refractivity contribution in [1.82, 2.24) is 15.1 Å². The SMILES string of the molecule is N[C@@H]1CN(Cc2cn[nH]c2-c2c(F)cccc2F)C[C@H]1c1ccccc1. The second-order valence-corrected chi connectivity index (χ2v) is 6.74. The number of nitrogens with one attached hydrogen (secondary N) is 1. The van der Waals surface area contributed by atoms with E-state index in [1.807, 2.05) is 18.2 Å². The molecule has 3 N–H and O–H groups in total. The summed E-state index contributed by atoms with van der Waals surface area (Å²) in [5, 5.41) is 6.75. The van der Waals surface area contributed by atoms with Gasteiger partial charge in [0.2, 0.25) is 0 Å². The maximum Gasteiger partial charge on any atom is 0.135 e. The number of rotatable bonds is 4. The first-order valence-corrected chi connectivity index (χ1v) is 8.63. The Labute approximate surface area is 150 Å². The van der Waals surface area contributed by atoms with Gasteiger partial charge in [-0.15, -0.1) is 0 Å². The topological polar surface area (TPSA) is 57.9 Å². The van der Waals surface area contributed by atoms with Gasteiger partial charge >= 0.3 is 0 Å². The van der Waals surface area contributed by atoms with Crippen molar-refractivity contribution in [2.45, 2.75) is 18.5 Å². The maximum absolute atomic E-state index is 14.1. The second-order valence-electron chi connectivity index (χ2n) is 6.74. The first kappa shape index (κ1) is 16.9. The zero-order valence-electron chi connectivity index (χ0n) is 14.2. The van der Waals surface area contributed by atoms with E-state index in [0.717, 1.165) is 18.7 Å². The quantitative estimate of drug-likeness (QED) is 0.756. The molecule has 2 heterocycles. The summed E-state index contributed by atoms with van der Waals surface area (Å²) < 4.78 is 28.3. The van der Waals surface area contributed by atoms with Crippen molar-refractivity contribution in [1.29, 1.82) is 0 Å². The second kappa shape index (κ2) is 6.97. The molecule has 1 aliphatic rings. The van der Waals surface area contributed by atoms with Crippen LogP contribution in [0.25, 0.3) is 11.3 Å². The summed E-state index contributed by atoms with van der Waals surface area (Å²) in [5.74, 6) is -0.955. The van der Waals surface area contributed by atoms with Crippen LogP contribution in [0.1, 0.15) is 17.0 Å². The van der Waals surface area contributed by atoms with E-state index >= 15 is 0 Å². The van der Waals surface area contributed by atoms with Crippen LogP contribution in [-0.4, -0.2) is 34.2 Å². The number of hydrogen-bond donors (Lipinski definition) is 2. The molecule has 0 bridgehead atoms. The molecular formula is C20H20F2N4. The van der Waals surface area contributed by atoms with E-state index in [4.69, 9.17) is 5.73 Å². The van der Waals surface area contributed by atoms with E-state index in [1.54, 1.807) is 6.20 Å². The molecule has 1 fully saturated rings. The van der Waals surface area contributed by atoms with Crippen LogP contribution in [0.2, 0.25) is 0 Å². The lowest BCUT2D eigenvalue weighted by Crippen LogP contribution is -2.28. The zero-order chi connectivity index (χ0) is 18.1. The number of halogens is 2. The molecule has 0 aliphatic carbocycles. The fourth-order valence-corrected chi connectivity index (χ4v) is 3.72. The average molecular weight is 354 g/mol. The van der Waals surface area contributed by atoms with Crippen molar-refractivity contribution in [3.05, 3.63) is 77.5 Å². The highest BCUT2D eigenvalue weighted by Gasteiger charge is 2.32. The number of aromatic nitrogens is 2. The zero-order valence-corrected chi connectivity index (χ0v) is 14.2. The van der Waals surface area contributed by atoms with Crippen LogP contribution in [0.5, 0.6) is 0 Å². The van der Waals surface area contributed by atoms with E-state index in [2.05, 4.69) is 27.2 Å². The molecule has 2 aromatic carbocycles. The molecule has 0 amide bonds. The van der Waals surface area contributed by atoms with E-state index in [0.29, 0.717) is 12.2 Å². The van der Waals surface area contributed by atoms with Crippen LogP contribution in [-0.2, 0) is 6.54 Å².